The molecule has 4 heterocycles. The van der Waals surface area contributed by atoms with Gasteiger partial charge >= 0.3 is 0 Å². The van der Waals surface area contributed by atoms with E-state index >= 15 is 0 Å². The molecule has 0 aliphatic rings. The Balaban J connectivity index is 1.18. The first-order valence-corrected chi connectivity index (χ1v) is 18.1. The van der Waals surface area contributed by atoms with Crippen molar-refractivity contribution in [3.8, 4) is 39.8 Å². The molecule has 0 aliphatic heterocycles. The molecule has 5 nitrogen and oxygen atoms in total. The van der Waals surface area contributed by atoms with Crippen molar-refractivity contribution in [2.45, 2.75) is 26.2 Å². The van der Waals surface area contributed by atoms with Gasteiger partial charge in [0.25, 0.3) is 0 Å². The highest BCUT2D eigenvalue weighted by molar-refractivity contribution is 6.14. The lowest BCUT2D eigenvalue weighted by Gasteiger charge is -2.23. The number of nitrogens with zero attached hydrogens (tertiary/aromatic N) is 4. The average Bonchev–Trinajstić information content (AvgIpc) is 3.75. The van der Waals surface area contributed by atoms with E-state index in [0.717, 1.165) is 83.6 Å². The highest BCUT2D eigenvalue weighted by Gasteiger charge is 2.24. The Morgan fingerprint density at radius 2 is 1.11 bits per heavy atom. The Hall–Kier alpha value is -6.72. The number of benzene rings is 6. The second kappa shape index (κ2) is 11.9. The number of hydrogen-bond acceptors (Lipinski definition) is 3. The van der Waals surface area contributed by atoms with Crippen LogP contribution in [0, 0.1) is 0 Å². The van der Waals surface area contributed by atoms with Crippen LogP contribution in [0.4, 0.5) is 0 Å². The van der Waals surface area contributed by atoms with Crippen molar-refractivity contribution >= 4 is 49.1 Å². The van der Waals surface area contributed by atoms with E-state index in [2.05, 4.69) is 175 Å². The van der Waals surface area contributed by atoms with E-state index < -0.39 is 0 Å². The summed E-state index contributed by atoms with van der Waals surface area (Å²) in [7, 11) is 0. The zero-order valence-electron chi connectivity index (χ0n) is 29.8. The summed E-state index contributed by atoms with van der Waals surface area (Å²) >= 11 is 0. The Morgan fingerprint density at radius 3 is 1.85 bits per heavy atom. The fourth-order valence-electron chi connectivity index (χ4n) is 7.94. The SMILES string of the molecule is CC(C)(C)c1cccnc1-n1c2ccccc2c2ccc(Oc3ccc4c5ccccc5n5c(-c6ccccc6)c(-c6ccccc6)nc5c4c3)cc21. The quantitative estimate of drug-likeness (QED) is 0.170. The lowest BCUT2D eigenvalue weighted by molar-refractivity contribution is 0.484. The Labute approximate surface area is 307 Å². The van der Waals surface area contributed by atoms with Crippen LogP contribution >= 0.6 is 0 Å². The van der Waals surface area contributed by atoms with Crippen LogP contribution in [-0.2, 0) is 5.41 Å². The fraction of sp³-hybridized carbons (Fsp3) is 0.0833. The van der Waals surface area contributed by atoms with Crippen molar-refractivity contribution in [1.82, 2.24) is 18.9 Å². The standard InChI is InChI=1S/C48H36N4O/c1-48(2,3)40-21-14-28-49-47(40)51-41-22-12-11-20-37(41)38-27-25-34(30-43(38)51)53-33-24-26-35-36-19-10-13-23-42(36)52-45(32-17-8-5-9-18-32)44(31-15-6-4-7-16-31)50-46(52)39(35)29-33/h4-30H,1-3H3. The molecule has 0 amide bonds. The summed E-state index contributed by atoms with van der Waals surface area (Å²) in [6.45, 7) is 6.71. The third kappa shape index (κ3) is 5.00. The maximum absolute atomic E-state index is 6.78. The zero-order valence-corrected chi connectivity index (χ0v) is 29.8. The summed E-state index contributed by atoms with van der Waals surface area (Å²) in [5.41, 5.74) is 9.46. The van der Waals surface area contributed by atoms with Crippen LogP contribution in [0.3, 0.4) is 0 Å². The number of rotatable bonds is 5. The number of ether oxygens (including phenoxy) is 1. The second-order valence-electron chi connectivity index (χ2n) is 14.7. The lowest BCUT2D eigenvalue weighted by Crippen LogP contribution is -2.16. The maximum atomic E-state index is 6.78. The van der Waals surface area contributed by atoms with Gasteiger partial charge in [-0.05, 0) is 59.3 Å². The molecule has 0 unspecified atom stereocenters. The summed E-state index contributed by atoms with van der Waals surface area (Å²) in [4.78, 5) is 10.4. The number of hydrogen-bond donors (Lipinski definition) is 0. The molecule has 0 saturated carbocycles. The van der Waals surface area contributed by atoms with Gasteiger partial charge in [0, 0.05) is 50.5 Å². The van der Waals surface area contributed by atoms with Crippen LogP contribution in [0.15, 0.2) is 164 Å². The van der Waals surface area contributed by atoms with E-state index in [4.69, 9.17) is 14.7 Å². The minimum Gasteiger partial charge on any atom is -0.457 e. The molecular formula is C48H36N4O. The molecule has 0 fully saturated rings. The van der Waals surface area contributed by atoms with Crippen LogP contribution < -0.4 is 4.74 Å². The van der Waals surface area contributed by atoms with E-state index in [0.29, 0.717) is 0 Å². The third-order valence-electron chi connectivity index (χ3n) is 10.3. The van der Waals surface area contributed by atoms with Crippen LogP contribution in [0.25, 0.3) is 77.5 Å². The number of aromatic nitrogens is 4. The molecular weight excluding hydrogens is 649 g/mol. The highest BCUT2D eigenvalue weighted by Crippen LogP contribution is 2.41. The number of fused-ring (bicyclic) bond motifs is 9. The second-order valence-corrected chi connectivity index (χ2v) is 14.7. The van der Waals surface area contributed by atoms with Crippen LogP contribution in [0.5, 0.6) is 11.5 Å². The Morgan fingerprint density at radius 1 is 0.509 bits per heavy atom. The van der Waals surface area contributed by atoms with Gasteiger partial charge in [0.1, 0.15) is 23.0 Å². The molecule has 0 spiro atoms. The average molecular weight is 685 g/mol. The minimum absolute atomic E-state index is 0.0936. The molecule has 0 atom stereocenters. The smallest absolute Gasteiger partial charge is 0.146 e. The molecule has 0 aliphatic carbocycles. The van der Waals surface area contributed by atoms with Gasteiger partial charge in [0.15, 0.2) is 0 Å². The molecule has 10 aromatic rings. The number of imidazole rings is 1. The Kier molecular flexibility index (Phi) is 6.99. The monoisotopic (exact) mass is 684 g/mol. The first-order valence-electron chi connectivity index (χ1n) is 18.1. The topological polar surface area (TPSA) is 44.4 Å². The molecule has 0 N–H and O–H groups in total. The molecule has 6 aromatic carbocycles. The summed E-state index contributed by atoms with van der Waals surface area (Å²) in [5.74, 6) is 2.44. The largest absolute Gasteiger partial charge is 0.457 e. The van der Waals surface area contributed by atoms with Crippen LogP contribution in [0.1, 0.15) is 26.3 Å². The van der Waals surface area contributed by atoms with E-state index in [-0.39, 0.29) is 5.41 Å². The number of pyridine rings is 2. The maximum Gasteiger partial charge on any atom is 0.146 e. The third-order valence-corrected chi connectivity index (χ3v) is 10.3. The first kappa shape index (κ1) is 31.1. The van der Waals surface area contributed by atoms with Crippen molar-refractivity contribution in [3.63, 3.8) is 0 Å². The summed E-state index contributed by atoms with van der Waals surface area (Å²) in [6.07, 6.45) is 1.88. The van der Waals surface area contributed by atoms with Crippen LogP contribution in [-0.4, -0.2) is 18.9 Å². The fourth-order valence-corrected chi connectivity index (χ4v) is 7.94. The van der Waals surface area contributed by atoms with E-state index in [1.54, 1.807) is 0 Å². The van der Waals surface area contributed by atoms with E-state index in [1.165, 1.54) is 10.9 Å². The molecule has 53 heavy (non-hydrogen) atoms. The molecule has 0 bridgehead atoms. The van der Waals surface area contributed by atoms with Crippen molar-refractivity contribution in [3.05, 3.63) is 169 Å². The molecule has 10 rings (SSSR count). The summed E-state index contributed by atoms with van der Waals surface area (Å²) in [5, 5.41) is 5.66. The normalized spacial score (nSPS) is 12.1. The van der Waals surface area contributed by atoms with E-state index in [9.17, 15) is 0 Å². The lowest BCUT2D eigenvalue weighted by atomic mass is 9.87. The zero-order chi connectivity index (χ0) is 35.7. The molecule has 254 valence electrons. The van der Waals surface area contributed by atoms with E-state index in [1.807, 2.05) is 18.3 Å². The minimum atomic E-state index is -0.0936. The van der Waals surface area contributed by atoms with Gasteiger partial charge in [0.05, 0.1) is 27.9 Å². The first-order chi connectivity index (χ1) is 25.9. The van der Waals surface area contributed by atoms with Crippen molar-refractivity contribution in [1.29, 1.82) is 0 Å². The molecule has 4 aromatic heterocycles. The molecule has 0 saturated heterocycles. The van der Waals surface area contributed by atoms with Gasteiger partial charge in [-0.1, -0.05) is 124 Å². The van der Waals surface area contributed by atoms with Gasteiger partial charge in [-0.2, -0.15) is 0 Å². The predicted molar refractivity (Wildman–Crippen MR) is 218 cm³/mol. The van der Waals surface area contributed by atoms with Gasteiger partial charge in [-0.3, -0.25) is 8.97 Å². The van der Waals surface area contributed by atoms with Crippen molar-refractivity contribution in [2.75, 3.05) is 0 Å². The highest BCUT2D eigenvalue weighted by atomic mass is 16.5. The van der Waals surface area contributed by atoms with Gasteiger partial charge in [0.2, 0.25) is 0 Å². The van der Waals surface area contributed by atoms with Crippen molar-refractivity contribution < 1.29 is 4.74 Å². The summed E-state index contributed by atoms with van der Waals surface area (Å²) < 4.78 is 11.4. The number of para-hydroxylation sites is 2. The predicted octanol–water partition coefficient (Wildman–Crippen LogP) is 12.6. The molecule has 5 heteroatoms. The van der Waals surface area contributed by atoms with Gasteiger partial charge in [-0.25, -0.2) is 9.97 Å². The summed E-state index contributed by atoms with van der Waals surface area (Å²) in [6, 6.07) is 55.2. The van der Waals surface area contributed by atoms with Crippen molar-refractivity contribution in [2.24, 2.45) is 0 Å². The van der Waals surface area contributed by atoms with Gasteiger partial charge < -0.3 is 4.74 Å². The van der Waals surface area contributed by atoms with Gasteiger partial charge in [-0.15, -0.1) is 0 Å². The molecule has 0 radical (unpaired) electrons. The Bertz CT molecular complexity index is 3010. The van der Waals surface area contributed by atoms with Crippen LogP contribution in [0.2, 0.25) is 0 Å².